The molecule has 1 aliphatic rings. The van der Waals surface area contributed by atoms with Gasteiger partial charge in [-0.15, -0.1) is 0 Å². The molecule has 1 aliphatic carbocycles. The highest BCUT2D eigenvalue weighted by Crippen LogP contribution is 2.49. The van der Waals surface area contributed by atoms with Gasteiger partial charge in [-0.25, -0.2) is 0 Å². The molecule has 0 aromatic heterocycles. The molecule has 4 aromatic rings. The largest absolute Gasteiger partial charge is 0.465 e. The SMILES string of the molecule is CCOC(=O)C1(C(=O)OCC)Cc2ccccc2-c2c1ccc(-c1ccccc1)c2Cc1ccccc1. The highest BCUT2D eigenvalue weighted by atomic mass is 16.6. The van der Waals surface area contributed by atoms with Gasteiger partial charge in [0.05, 0.1) is 13.2 Å². The van der Waals surface area contributed by atoms with Crippen molar-refractivity contribution in [3.05, 3.63) is 119 Å². The molecule has 186 valence electrons. The minimum Gasteiger partial charge on any atom is -0.465 e. The molecule has 37 heavy (non-hydrogen) atoms. The predicted molar refractivity (Wildman–Crippen MR) is 145 cm³/mol. The van der Waals surface area contributed by atoms with Crippen LogP contribution in [0, 0.1) is 0 Å². The standard InChI is InChI=1S/C33H30O4/c1-3-36-31(34)33(32(35)37-4-2)22-25-17-11-12-18-27(25)30-28(21-23-13-7-5-8-14-23)26(19-20-29(30)33)24-15-9-6-10-16-24/h5-20H,3-4,21-22H2,1-2H3. The van der Waals surface area contributed by atoms with Crippen LogP contribution in [0.15, 0.2) is 97.1 Å². The van der Waals surface area contributed by atoms with Gasteiger partial charge in [-0.3, -0.25) is 9.59 Å². The van der Waals surface area contributed by atoms with Crippen LogP contribution < -0.4 is 0 Å². The van der Waals surface area contributed by atoms with Crippen LogP contribution in [0.3, 0.4) is 0 Å². The highest BCUT2D eigenvalue weighted by Gasteiger charge is 2.54. The summed E-state index contributed by atoms with van der Waals surface area (Å²) in [5.41, 5.74) is 6.31. The van der Waals surface area contributed by atoms with Gasteiger partial charge in [-0.1, -0.05) is 97.1 Å². The number of carbonyl (C=O) groups is 2. The van der Waals surface area contributed by atoms with Gasteiger partial charge in [0.25, 0.3) is 0 Å². The zero-order chi connectivity index (χ0) is 25.8. The van der Waals surface area contributed by atoms with E-state index in [0.717, 1.165) is 38.9 Å². The number of fused-ring (bicyclic) bond motifs is 3. The molecule has 0 atom stereocenters. The fraction of sp³-hybridized carbons (Fsp3) is 0.212. The molecular formula is C33H30O4. The summed E-state index contributed by atoms with van der Waals surface area (Å²) in [5, 5.41) is 0. The number of ether oxygens (including phenoxy) is 2. The molecule has 0 bridgehead atoms. The predicted octanol–water partition coefficient (Wildman–Crippen LogP) is 6.53. The first kappa shape index (κ1) is 24.5. The average molecular weight is 491 g/mol. The van der Waals surface area contributed by atoms with E-state index in [1.807, 2.05) is 66.7 Å². The lowest BCUT2D eigenvalue weighted by atomic mass is 9.65. The van der Waals surface area contributed by atoms with Gasteiger partial charge < -0.3 is 9.47 Å². The van der Waals surface area contributed by atoms with Crippen molar-refractivity contribution in [1.82, 2.24) is 0 Å². The normalized spacial score (nSPS) is 13.2. The van der Waals surface area contributed by atoms with Crippen LogP contribution >= 0.6 is 0 Å². The van der Waals surface area contributed by atoms with Gasteiger partial charge >= 0.3 is 11.9 Å². The minimum atomic E-state index is -1.57. The molecule has 0 spiro atoms. The molecular weight excluding hydrogens is 460 g/mol. The molecule has 0 amide bonds. The van der Waals surface area contributed by atoms with E-state index in [1.165, 1.54) is 0 Å². The first-order chi connectivity index (χ1) is 18.1. The fourth-order valence-corrected chi connectivity index (χ4v) is 5.44. The Morgan fingerprint density at radius 1 is 0.703 bits per heavy atom. The van der Waals surface area contributed by atoms with E-state index in [2.05, 4.69) is 30.3 Å². The van der Waals surface area contributed by atoms with Crippen molar-refractivity contribution in [3.8, 4) is 22.3 Å². The molecule has 4 aromatic carbocycles. The summed E-state index contributed by atoms with van der Waals surface area (Å²) >= 11 is 0. The lowest BCUT2D eigenvalue weighted by Gasteiger charge is -2.37. The third kappa shape index (κ3) is 4.33. The summed E-state index contributed by atoms with van der Waals surface area (Å²) in [6, 6.07) is 32.5. The third-order valence-electron chi connectivity index (χ3n) is 7.07. The van der Waals surface area contributed by atoms with Gasteiger partial charge in [0.15, 0.2) is 5.41 Å². The Morgan fingerprint density at radius 2 is 1.30 bits per heavy atom. The van der Waals surface area contributed by atoms with Crippen molar-refractivity contribution >= 4 is 11.9 Å². The van der Waals surface area contributed by atoms with E-state index >= 15 is 0 Å². The van der Waals surface area contributed by atoms with Crippen LogP contribution in [-0.4, -0.2) is 25.2 Å². The number of hydrogen-bond donors (Lipinski definition) is 0. The van der Waals surface area contributed by atoms with E-state index in [9.17, 15) is 9.59 Å². The van der Waals surface area contributed by atoms with Crippen molar-refractivity contribution in [1.29, 1.82) is 0 Å². The molecule has 0 saturated heterocycles. The van der Waals surface area contributed by atoms with Gasteiger partial charge in [0.2, 0.25) is 0 Å². The van der Waals surface area contributed by atoms with Gasteiger partial charge in [0.1, 0.15) is 0 Å². The van der Waals surface area contributed by atoms with Crippen LogP contribution in [0.4, 0.5) is 0 Å². The Kier molecular flexibility index (Phi) is 6.91. The van der Waals surface area contributed by atoms with Crippen molar-refractivity contribution in [2.75, 3.05) is 13.2 Å². The topological polar surface area (TPSA) is 52.6 Å². The Morgan fingerprint density at radius 3 is 1.95 bits per heavy atom. The van der Waals surface area contributed by atoms with Crippen molar-refractivity contribution in [2.45, 2.75) is 32.1 Å². The Bertz CT molecular complexity index is 1410. The maximum Gasteiger partial charge on any atom is 0.328 e. The summed E-state index contributed by atoms with van der Waals surface area (Å²) in [6.07, 6.45) is 0.841. The summed E-state index contributed by atoms with van der Waals surface area (Å²) < 4.78 is 11.1. The van der Waals surface area contributed by atoms with E-state index < -0.39 is 17.4 Å². The second-order valence-electron chi connectivity index (χ2n) is 9.22. The monoisotopic (exact) mass is 490 g/mol. The number of hydrogen-bond acceptors (Lipinski definition) is 4. The van der Waals surface area contributed by atoms with E-state index in [-0.39, 0.29) is 19.6 Å². The first-order valence-electron chi connectivity index (χ1n) is 12.8. The van der Waals surface area contributed by atoms with Crippen molar-refractivity contribution < 1.29 is 19.1 Å². The molecule has 5 rings (SSSR count). The summed E-state index contributed by atoms with van der Waals surface area (Å²) in [7, 11) is 0. The number of benzene rings is 4. The van der Waals surface area contributed by atoms with Crippen LogP contribution in [0.25, 0.3) is 22.3 Å². The Hall–Kier alpha value is -4.18. The summed E-state index contributed by atoms with van der Waals surface area (Å²) in [5.74, 6) is -1.13. The van der Waals surface area contributed by atoms with Crippen LogP contribution in [0.2, 0.25) is 0 Å². The molecule has 4 heteroatoms. The van der Waals surface area contributed by atoms with Gasteiger partial charge in [-0.05, 0) is 64.8 Å². The molecule has 4 nitrogen and oxygen atoms in total. The Labute approximate surface area is 217 Å². The molecule has 0 fully saturated rings. The van der Waals surface area contributed by atoms with E-state index in [0.29, 0.717) is 12.0 Å². The maximum atomic E-state index is 13.7. The molecule has 0 N–H and O–H groups in total. The lowest BCUT2D eigenvalue weighted by molar-refractivity contribution is -0.165. The van der Waals surface area contributed by atoms with Crippen LogP contribution in [0.5, 0.6) is 0 Å². The number of carbonyl (C=O) groups excluding carboxylic acids is 2. The zero-order valence-electron chi connectivity index (χ0n) is 21.2. The van der Waals surface area contributed by atoms with Crippen molar-refractivity contribution in [3.63, 3.8) is 0 Å². The van der Waals surface area contributed by atoms with Crippen LogP contribution in [0.1, 0.15) is 36.1 Å². The fourth-order valence-electron chi connectivity index (χ4n) is 5.44. The van der Waals surface area contributed by atoms with E-state index in [1.54, 1.807) is 13.8 Å². The van der Waals surface area contributed by atoms with Crippen LogP contribution in [-0.2, 0) is 37.3 Å². The summed E-state index contributed by atoms with van der Waals surface area (Å²) in [4.78, 5) is 27.4. The maximum absolute atomic E-state index is 13.7. The zero-order valence-corrected chi connectivity index (χ0v) is 21.2. The van der Waals surface area contributed by atoms with E-state index in [4.69, 9.17) is 9.47 Å². The second kappa shape index (κ2) is 10.4. The number of rotatable bonds is 7. The van der Waals surface area contributed by atoms with Gasteiger partial charge in [0, 0.05) is 6.42 Å². The van der Waals surface area contributed by atoms with Crippen molar-refractivity contribution in [2.24, 2.45) is 0 Å². The Balaban J connectivity index is 1.86. The molecule has 0 unspecified atom stereocenters. The quantitative estimate of drug-likeness (QED) is 0.218. The molecule has 0 heterocycles. The smallest absolute Gasteiger partial charge is 0.328 e. The average Bonchev–Trinajstić information content (AvgIpc) is 2.93. The first-order valence-corrected chi connectivity index (χ1v) is 12.8. The molecule has 0 aliphatic heterocycles. The number of esters is 2. The summed E-state index contributed by atoms with van der Waals surface area (Å²) in [6.45, 7) is 3.87. The molecule has 0 saturated carbocycles. The second-order valence-corrected chi connectivity index (χ2v) is 9.22. The third-order valence-corrected chi connectivity index (χ3v) is 7.07. The lowest BCUT2D eigenvalue weighted by Crippen LogP contribution is -2.50. The highest BCUT2D eigenvalue weighted by molar-refractivity contribution is 6.10. The van der Waals surface area contributed by atoms with Gasteiger partial charge in [-0.2, -0.15) is 0 Å². The molecule has 0 radical (unpaired) electrons. The minimum absolute atomic E-state index is 0.177.